The minimum absolute atomic E-state index is 0.307. The molecule has 0 aliphatic rings. The van der Waals surface area contributed by atoms with E-state index in [0.29, 0.717) is 11.8 Å². The molecule has 0 amide bonds. The van der Waals surface area contributed by atoms with Gasteiger partial charge in [-0.15, -0.1) is 10.2 Å². The van der Waals surface area contributed by atoms with Crippen LogP contribution in [-0.2, 0) is 6.42 Å². The van der Waals surface area contributed by atoms with Gasteiger partial charge in [0.25, 0.3) is 0 Å². The Kier molecular flexibility index (Phi) is 3.75. The number of aromatic amines is 1. The maximum atomic E-state index is 4.68. The molecule has 0 aliphatic carbocycles. The van der Waals surface area contributed by atoms with Gasteiger partial charge < -0.3 is 4.98 Å². The van der Waals surface area contributed by atoms with Crippen molar-refractivity contribution in [3.05, 3.63) is 41.2 Å². The molecule has 2 heterocycles. The van der Waals surface area contributed by atoms with E-state index in [9.17, 15) is 0 Å². The summed E-state index contributed by atoms with van der Waals surface area (Å²) in [6.07, 6.45) is 0.884. The van der Waals surface area contributed by atoms with Crippen molar-refractivity contribution in [1.82, 2.24) is 20.2 Å². The Balaban J connectivity index is 2.11. The van der Waals surface area contributed by atoms with Gasteiger partial charge in [-0.25, -0.2) is 0 Å². The average Bonchev–Trinajstić information content (AvgIpc) is 2.76. The van der Waals surface area contributed by atoms with Crippen molar-refractivity contribution >= 4 is 0 Å². The van der Waals surface area contributed by atoms with Gasteiger partial charge in [0.2, 0.25) is 0 Å². The van der Waals surface area contributed by atoms with Gasteiger partial charge in [0.1, 0.15) is 11.6 Å². The molecule has 0 fully saturated rings. The number of rotatable bonds is 4. The first-order chi connectivity index (χ1) is 8.56. The van der Waals surface area contributed by atoms with Crippen LogP contribution in [0.4, 0.5) is 0 Å². The lowest BCUT2D eigenvalue weighted by atomic mass is 10.0. The van der Waals surface area contributed by atoms with Crippen molar-refractivity contribution in [2.45, 2.75) is 46.0 Å². The molecule has 0 saturated heterocycles. The van der Waals surface area contributed by atoms with Crippen molar-refractivity contribution in [3.8, 4) is 0 Å². The zero-order valence-electron chi connectivity index (χ0n) is 11.4. The molecule has 2 rings (SSSR count). The molecule has 4 heteroatoms. The van der Waals surface area contributed by atoms with E-state index in [1.54, 1.807) is 0 Å². The number of aromatic nitrogens is 4. The molecule has 0 aliphatic heterocycles. The van der Waals surface area contributed by atoms with Crippen LogP contribution >= 0.6 is 0 Å². The molecule has 2 aromatic heterocycles. The van der Waals surface area contributed by atoms with Crippen molar-refractivity contribution in [2.75, 3.05) is 0 Å². The number of aryl methyl sites for hydroxylation is 1. The quantitative estimate of drug-likeness (QED) is 0.899. The second-order valence-corrected chi connectivity index (χ2v) is 5.11. The number of hydrogen-bond acceptors (Lipinski definition) is 3. The van der Waals surface area contributed by atoms with E-state index in [-0.39, 0.29) is 0 Å². The lowest BCUT2D eigenvalue weighted by Crippen LogP contribution is -2.04. The highest BCUT2D eigenvalue weighted by atomic mass is 15.2. The van der Waals surface area contributed by atoms with E-state index >= 15 is 0 Å². The third kappa shape index (κ3) is 2.94. The topological polar surface area (TPSA) is 54.5 Å². The fourth-order valence-corrected chi connectivity index (χ4v) is 1.93. The second kappa shape index (κ2) is 5.29. The highest BCUT2D eigenvalue weighted by molar-refractivity contribution is 5.15. The van der Waals surface area contributed by atoms with Crippen LogP contribution in [0.2, 0.25) is 0 Å². The first-order valence-corrected chi connectivity index (χ1v) is 6.41. The van der Waals surface area contributed by atoms with E-state index in [1.165, 1.54) is 0 Å². The zero-order chi connectivity index (χ0) is 13.1. The number of hydrogen-bond donors (Lipinski definition) is 1. The molecule has 96 valence electrons. The molecule has 2 aromatic rings. The highest BCUT2D eigenvalue weighted by Crippen LogP contribution is 2.18. The molecular weight excluding hydrogens is 224 g/mol. The summed E-state index contributed by atoms with van der Waals surface area (Å²) in [5.41, 5.74) is 2.26. The SMILES string of the molecule is Cc1nnc(C(C)Cc2cccc(C(C)C)n2)[nH]1. The predicted octanol–water partition coefficient (Wildman–Crippen LogP) is 2.98. The van der Waals surface area contributed by atoms with Gasteiger partial charge in [0.05, 0.1) is 0 Å². The van der Waals surface area contributed by atoms with Gasteiger partial charge >= 0.3 is 0 Å². The van der Waals surface area contributed by atoms with Crippen LogP contribution in [0.5, 0.6) is 0 Å². The normalized spacial score (nSPS) is 12.9. The monoisotopic (exact) mass is 244 g/mol. The van der Waals surface area contributed by atoms with E-state index in [0.717, 1.165) is 29.5 Å². The van der Waals surface area contributed by atoms with Gasteiger partial charge in [-0.05, 0) is 31.4 Å². The summed E-state index contributed by atoms with van der Waals surface area (Å²) < 4.78 is 0. The summed E-state index contributed by atoms with van der Waals surface area (Å²) in [6, 6.07) is 6.24. The smallest absolute Gasteiger partial charge is 0.133 e. The summed E-state index contributed by atoms with van der Waals surface area (Å²) >= 11 is 0. The van der Waals surface area contributed by atoms with Gasteiger partial charge in [0, 0.05) is 17.3 Å². The Morgan fingerprint density at radius 2 is 1.94 bits per heavy atom. The highest BCUT2D eigenvalue weighted by Gasteiger charge is 2.12. The lowest BCUT2D eigenvalue weighted by Gasteiger charge is -2.10. The Bertz CT molecular complexity index is 516. The van der Waals surface area contributed by atoms with Gasteiger partial charge in [-0.3, -0.25) is 4.98 Å². The van der Waals surface area contributed by atoms with Crippen molar-refractivity contribution in [3.63, 3.8) is 0 Å². The van der Waals surface area contributed by atoms with Crippen LogP contribution in [0, 0.1) is 6.92 Å². The molecule has 0 bridgehead atoms. The van der Waals surface area contributed by atoms with Crippen LogP contribution in [0.3, 0.4) is 0 Å². The number of nitrogens with one attached hydrogen (secondary N) is 1. The van der Waals surface area contributed by atoms with Crippen LogP contribution in [-0.4, -0.2) is 20.2 Å². The number of pyridine rings is 1. The van der Waals surface area contributed by atoms with E-state index in [4.69, 9.17) is 0 Å². The molecule has 0 aromatic carbocycles. The van der Waals surface area contributed by atoms with Crippen molar-refractivity contribution in [1.29, 1.82) is 0 Å². The Morgan fingerprint density at radius 3 is 2.56 bits per heavy atom. The largest absolute Gasteiger partial charge is 0.329 e. The summed E-state index contributed by atoms with van der Waals surface area (Å²) in [7, 11) is 0. The fourth-order valence-electron chi connectivity index (χ4n) is 1.93. The zero-order valence-corrected chi connectivity index (χ0v) is 11.4. The average molecular weight is 244 g/mol. The third-order valence-corrected chi connectivity index (χ3v) is 3.02. The molecule has 1 N–H and O–H groups in total. The Labute approximate surface area is 108 Å². The second-order valence-electron chi connectivity index (χ2n) is 5.11. The lowest BCUT2D eigenvalue weighted by molar-refractivity contribution is 0.681. The van der Waals surface area contributed by atoms with Crippen molar-refractivity contribution in [2.24, 2.45) is 0 Å². The molecule has 18 heavy (non-hydrogen) atoms. The molecule has 1 unspecified atom stereocenters. The van der Waals surface area contributed by atoms with Crippen LogP contribution in [0.1, 0.15) is 55.6 Å². The van der Waals surface area contributed by atoms with Gasteiger partial charge in [0.15, 0.2) is 0 Å². The van der Waals surface area contributed by atoms with Gasteiger partial charge in [-0.1, -0.05) is 26.8 Å². The van der Waals surface area contributed by atoms with Crippen LogP contribution < -0.4 is 0 Å². The van der Waals surface area contributed by atoms with Crippen molar-refractivity contribution < 1.29 is 0 Å². The number of H-pyrrole nitrogens is 1. The Morgan fingerprint density at radius 1 is 1.17 bits per heavy atom. The number of nitrogens with zero attached hydrogens (tertiary/aromatic N) is 3. The summed E-state index contributed by atoms with van der Waals surface area (Å²) in [5.74, 6) is 2.57. The van der Waals surface area contributed by atoms with E-state index in [1.807, 2.05) is 6.92 Å². The van der Waals surface area contributed by atoms with Crippen LogP contribution in [0.25, 0.3) is 0 Å². The van der Waals surface area contributed by atoms with Gasteiger partial charge in [-0.2, -0.15) is 0 Å². The summed E-state index contributed by atoms with van der Waals surface area (Å²) in [5, 5.41) is 8.14. The molecular formula is C14H20N4. The minimum atomic E-state index is 0.307. The molecule has 4 nitrogen and oxygen atoms in total. The first-order valence-electron chi connectivity index (χ1n) is 6.41. The predicted molar refractivity (Wildman–Crippen MR) is 71.6 cm³/mol. The van der Waals surface area contributed by atoms with E-state index < -0.39 is 0 Å². The third-order valence-electron chi connectivity index (χ3n) is 3.02. The standard InChI is InChI=1S/C14H20N4/c1-9(2)13-7-5-6-12(16-13)8-10(3)14-15-11(4)17-18-14/h5-7,9-10H,8H2,1-4H3,(H,15,17,18). The molecule has 0 spiro atoms. The Hall–Kier alpha value is -1.71. The van der Waals surface area contributed by atoms with E-state index in [2.05, 4.69) is 59.1 Å². The first kappa shape index (κ1) is 12.7. The van der Waals surface area contributed by atoms with Crippen LogP contribution in [0.15, 0.2) is 18.2 Å². The fraction of sp³-hybridized carbons (Fsp3) is 0.500. The maximum absolute atomic E-state index is 4.68. The summed E-state index contributed by atoms with van der Waals surface area (Å²) in [4.78, 5) is 7.87. The maximum Gasteiger partial charge on any atom is 0.133 e. The molecule has 1 atom stereocenters. The molecule has 0 saturated carbocycles. The molecule has 0 radical (unpaired) electrons. The minimum Gasteiger partial charge on any atom is -0.329 e. The summed E-state index contributed by atoms with van der Waals surface area (Å²) in [6.45, 7) is 8.38.